The molecular weight excluding hydrogens is 392 g/mol. The van der Waals surface area contributed by atoms with Gasteiger partial charge >= 0.3 is 0 Å². The van der Waals surface area contributed by atoms with E-state index in [1.54, 1.807) is 32.3 Å². The summed E-state index contributed by atoms with van der Waals surface area (Å²) in [5.41, 5.74) is 10.2. The minimum atomic E-state index is -0.370. The Bertz CT molecular complexity index is 1160. The number of hydrogen-bond acceptors (Lipinski definition) is 7. The lowest BCUT2D eigenvalue weighted by Crippen LogP contribution is -2.17. The molecule has 0 aliphatic heterocycles. The van der Waals surface area contributed by atoms with Gasteiger partial charge in [-0.15, -0.1) is 10.2 Å². The minimum absolute atomic E-state index is 0.323. The first kappa shape index (κ1) is 21.6. The van der Waals surface area contributed by atoms with E-state index in [9.17, 15) is 4.79 Å². The van der Waals surface area contributed by atoms with Crippen molar-refractivity contribution in [3.63, 3.8) is 0 Å². The van der Waals surface area contributed by atoms with E-state index in [-0.39, 0.29) is 5.91 Å². The lowest BCUT2D eigenvalue weighted by atomic mass is 9.99. The van der Waals surface area contributed by atoms with Crippen molar-refractivity contribution in [1.82, 2.24) is 30.2 Å². The zero-order valence-corrected chi connectivity index (χ0v) is 17.7. The van der Waals surface area contributed by atoms with E-state index in [0.717, 1.165) is 23.1 Å². The third kappa shape index (κ3) is 4.89. The number of aryl methyl sites for hydroxylation is 2. The lowest BCUT2D eigenvalue weighted by Gasteiger charge is -2.11. The second kappa shape index (κ2) is 9.57. The van der Waals surface area contributed by atoms with Crippen molar-refractivity contribution in [3.05, 3.63) is 72.2 Å². The number of nitrogens with one attached hydrogen (secondary N) is 1. The normalized spacial score (nSPS) is 12.0. The Hall–Kier alpha value is -4.14. The molecule has 0 atom stereocenters. The molecule has 0 radical (unpaired) electrons. The molecule has 2 aromatic heterocycles. The maximum Gasteiger partial charge on any atom is 0.258 e. The van der Waals surface area contributed by atoms with Crippen LogP contribution >= 0.6 is 0 Å². The lowest BCUT2D eigenvalue weighted by molar-refractivity contribution is -0.112. The topological polar surface area (TPSA) is 124 Å². The molecule has 1 aromatic carbocycles. The van der Waals surface area contributed by atoms with Crippen molar-refractivity contribution in [2.45, 2.75) is 20.3 Å². The average molecular weight is 416 g/mol. The third-order valence-electron chi connectivity index (χ3n) is 4.63. The van der Waals surface area contributed by atoms with Crippen LogP contribution in [0.4, 0.5) is 5.82 Å². The quantitative estimate of drug-likeness (QED) is 0.448. The van der Waals surface area contributed by atoms with Crippen LogP contribution in [0.1, 0.15) is 19.4 Å². The smallest absolute Gasteiger partial charge is 0.258 e. The van der Waals surface area contributed by atoms with E-state index in [2.05, 4.69) is 44.2 Å². The summed E-state index contributed by atoms with van der Waals surface area (Å²) in [6, 6.07) is 5.95. The molecule has 3 aromatic rings. The number of nitrogens with two attached hydrogens (primary N) is 1. The molecule has 0 bridgehead atoms. The number of rotatable bonds is 7. The van der Waals surface area contributed by atoms with Crippen molar-refractivity contribution < 1.29 is 4.79 Å². The van der Waals surface area contributed by atoms with Crippen molar-refractivity contribution >= 4 is 11.7 Å². The third-order valence-corrected chi connectivity index (χ3v) is 4.63. The summed E-state index contributed by atoms with van der Waals surface area (Å²) in [5.74, 6) is 0.488. The Kier molecular flexibility index (Phi) is 6.66. The number of anilines is 1. The van der Waals surface area contributed by atoms with Gasteiger partial charge in [0.05, 0.1) is 30.7 Å². The fraction of sp³-hybridized carbons (Fsp3) is 0.182. The van der Waals surface area contributed by atoms with Crippen LogP contribution in [-0.4, -0.2) is 36.1 Å². The molecule has 0 saturated carbocycles. The largest absolute Gasteiger partial charge is 0.404 e. The van der Waals surface area contributed by atoms with Gasteiger partial charge in [-0.25, -0.2) is 4.98 Å². The molecule has 0 unspecified atom stereocenters. The van der Waals surface area contributed by atoms with Gasteiger partial charge in [-0.05, 0) is 35.8 Å². The Morgan fingerprint density at radius 2 is 2.10 bits per heavy atom. The van der Waals surface area contributed by atoms with E-state index in [0.29, 0.717) is 28.5 Å². The van der Waals surface area contributed by atoms with Crippen LogP contribution < -0.4 is 11.1 Å². The highest BCUT2D eigenvalue weighted by molar-refractivity contribution is 6.06. The van der Waals surface area contributed by atoms with Crippen LogP contribution in [-0.2, 0) is 18.3 Å². The van der Waals surface area contributed by atoms with Crippen LogP contribution in [0, 0.1) is 0 Å². The Morgan fingerprint density at radius 1 is 1.29 bits per heavy atom. The van der Waals surface area contributed by atoms with Gasteiger partial charge < -0.3 is 11.1 Å². The molecule has 0 spiro atoms. The second-order valence-electron chi connectivity index (χ2n) is 6.73. The van der Waals surface area contributed by atoms with Crippen LogP contribution in [0.25, 0.3) is 22.6 Å². The zero-order valence-electron chi connectivity index (χ0n) is 17.7. The number of nitrogens with zero attached hydrogens (tertiary/aromatic N) is 6. The van der Waals surface area contributed by atoms with Gasteiger partial charge in [-0.3, -0.25) is 9.78 Å². The van der Waals surface area contributed by atoms with E-state index in [1.165, 1.54) is 17.2 Å². The highest BCUT2D eigenvalue weighted by atomic mass is 16.1. The molecule has 31 heavy (non-hydrogen) atoms. The first-order valence-corrected chi connectivity index (χ1v) is 9.69. The van der Waals surface area contributed by atoms with E-state index in [1.807, 2.05) is 18.2 Å². The molecular formula is C22H24N8O. The molecule has 158 valence electrons. The molecule has 1 amide bonds. The highest BCUT2D eigenvalue weighted by Gasteiger charge is 2.14. The SMILES string of the molecule is C=C/C=C(C)\C(=C/N)C(=O)Nc1cnc(-c2cc(-c3nnn(C)n3)ccc2CC)cn1. The van der Waals surface area contributed by atoms with Crippen LogP contribution in [0.15, 0.2) is 66.7 Å². The number of aromatic nitrogens is 6. The molecule has 9 nitrogen and oxygen atoms in total. The molecule has 9 heteroatoms. The van der Waals surface area contributed by atoms with Crippen molar-refractivity contribution in [1.29, 1.82) is 0 Å². The predicted octanol–water partition coefficient (Wildman–Crippen LogP) is 2.81. The molecule has 2 heterocycles. The van der Waals surface area contributed by atoms with E-state index < -0.39 is 0 Å². The first-order valence-electron chi connectivity index (χ1n) is 9.69. The van der Waals surface area contributed by atoms with Gasteiger partial charge in [-0.1, -0.05) is 37.8 Å². The van der Waals surface area contributed by atoms with Gasteiger partial charge in [0.25, 0.3) is 5.91 Å². The summed E-state index contributed by atoms with van der Waals surface area (Å²) < 4.78 is 0. The maximum absolute atomic E-state index is 12.5. The number of allylic oxidation sites excluding steroid dienone is 2. The van der Waals surface area contributed by atoms with E-state index in [4.69, 9.17) is 5.73 Å². The molecule has 3 N–H and O–H groups in total. The van der Waals surface area contributed by atoms with Crippen molar-refractivity contribution in [2.24, 2.45) is 12.8 Å². The number of tetrazole rings is 1. The van der Waals surface area contributed by atoms with E-state index >= 15 is 0 Å². The van der Waals surface area contributed by atoms with Gasteiger partial charge in [0.1, 0.15) is 0 Å². The monoisotopic (exact) mass is 416 g/mol. The van der Waals surface area contributed by atoms with Crippen LogP contribution in [0.3, 0.4) is 0 Å². The van der Waals surface area contributed by atoms with Crippen molar-refractivity contribution in [2.75, 3.05) is 5.32 Å². The number of carbonyl (C=O) groups is 1. The van der Waals surface area contributed by atoms with Crippen LogP contribution in [0.2, 0.25) is 0 Å². The summed E-state index contributed by atoms with van der Waals surface area (Å²) in [4.78, 5) is 22.8. The summed E-state index contributed by atoms with van der Waals surface area (Å²) in [7, 11) is 1.72. The standard InChI is InChI=1S/C22H24N8O/c1-5-7-14(3)18(11-23)22(31)26-20-13-24-19(12-25-20)17-10-16(9-8-15(17)6-2)21-27-29-30(4)28-21/h5,7-13H,1,6,23H2,2-4H3,(H,25,26,31)/b14-7-,18-11+. The number of carbonyl (C=O) groups excluding carboxylic acids is 1. The Morgan fingerprint density at radius 3 is 2.68 bits per heavy atom. The maximum atomic E-state index is 12.5. The van der Waals surface area contributed by atoms with Gasteiger partial charge in [0, 0.05) is 17.3 Å². The molecule has 0 aliphatic rings. The molecule has 0 aliphatic carbocycles. The molecule has 3 rings (SSSR count). The number of benzene rings is 1. The van der Waals surface area contributed by atoms with Gasteiger partial charge in [0.2, 0.25) is 5.82 Å². The second-order valence-corrected chi connectivity index (χ2v) is 6.73. The summed E-state index contributed by atoms with van der Waals surface area (Å²) in [6.45, 7) is 7.48. The van der Waals surface area contributed by atoms with Gasteiger partial charge in [0.15, 0.2) is 5.82 Å². The fourth-order valence-corrected chi connectivity index (χ4v) is 3.03. The van der Waals surface area contributed by atoms with Crippen molar-refractivity contribution in [3.8, 4) is 22.6 Å². The average Bonchev–Trinajstić information content (AvgIpc) is 3.21. The number of amides is 1. The fourth-order valence-electron chi connectivity index (χ4n) is 3.03. The molecule has 0 fully saturated rings. The molecule has 0 saturated heterocycles. The Balaban J connectivity index is 1.86. The van der Waals surface area contributed by atoms with Gasteiger partial charge in [-0.2, -0.15) is 4.80 Å². The zero-order chi connectivity index (χ0) is 22.4. The first-order chi connectivity index (χ1) is 15.0. The van der Waals surface area contributed by atoms with Crippen LogP contribution in [0.5, 0.6) is 0 Å². The minimum Gasteiger partial charge on any atom is -0.404 e. The predicted molar refractivity (Wildman–Crippen MR) is 119 cm³/mol. The highest BCUT2D eigenvalue weighted by Crippen LogP contribution is 2.27. The summed E-state index contributed by atoms with van der Waals surface area (Å²) >= 11 is 0. The Labute approximate surface area is 180 Å². The number of hydrogen-bond donors (Lipinski definition) is 2. The summed E-state index contributed by atoms with van der Waals surface area (Å²) in [6.07, 6.45) is 8.51. The summed E-state index contributed by atoms with van der Waals surface area (Å²) in [5, 5.41) is 14.9.